The van der Waals surface area contributed by atoms with E-state index in [0.29, 0.717) is 0 Å². The second kappa shape index (κ2) is 6.81. The van der Waals surface area contributed by atoms with Gasteiger partial charge in [0.15, 0.2) is 12.7 Å². The van der Waals surface area contributed by atoms with E-state index in [0.717, 1.165) is 6.54 Å². The van der Waals surface area contributed by atoms with Gasteiger partial charge in [-0.2, -0.15) is 4.57 Å². The number of hydrogen-bond donors (Lipinski definition) is 0. The molecule has 0 saturated heterocycles. The van der Waals surface area contributed by atoms with Crippen molar-refractivity contribution in [2.24, 2.45) is 0 Å². The first-order valence-corrected chi connectivity index (χ1v) is 8.90. The maximum Gasteiger partial charge on any atom is 0.269 e. The molecule has 0 aliphatic heterocycles. The Morgan fingerprint density at radius 1 is 0.625 bits per heavy atom. The maximum absolute atomic E-state index is 2.36. The minimum Gasteiger partial charge on any atom is -0.184 e. The Morgan fingerprint density at radius 2 is 1.17 bits per heavy atom. The van der Waals surface area contributed by atoms with E-state index in [4.69, 9.17) is 0 Å². The zero-order chi connectivity index (χ0) is 16.2. The summed E-state index contributed by atoms with van der Waals surface area (Å²) in [6.45, 7) is 0.883. The molecule has 0 unspecified atom stereocenters. The molecular weight excluding hydrogens is 310 g/mol. The van der Waals surface area contributed by atoms with E-state index in [9.17, 15) is 0 Å². The van der Waals surface area contributed by atoms with Gasteiger partial charge in [0.25, 0.3) is 5.01 Å². The predicted molar refractivity (Wildman–Crippen MR) is 101 cm³/mol. The SMILES string of the molecule is c1ccc(C[n+]2cc(-c3ccccc3)sc2-c2ccccc2)cc1. The molecule has 1 aromatic heterocycles. The lowest BCUT2D eigenvalue weighted by Crippen LogP contribution is -2.33. The zero-order valence-electron chi connectivity index (χ0n) is 13.3. The third-order valence-corrected chi connectivity index (χ3v) is 5.24. The van der Waals surface area contributed by atoms with E-state index in [1.165, 1.54) is 26.6 Å². The lowest BCUT2D eigenvalue weighted by Gasteiger charge is -1.99. The molecule has 2 heteroatoms. The number of benzene rings is 3. The van der Waals surface area contributed by atoms with Crippen molar-refractivity contribution in [3.63, 3.8) is 0 Å². The molecule has 0 saturated carbocycles. The van der Waals surface area contributed by atoms with Crippen LogP contribution in [0.15, 0.2) is 97.2 Å². The highest BCUT2D eigenvalue weighted by atomic mass is 32.1. The number of aromatic nitrogens is 1. The summed E-state index contributed by atoms with van der Waals surface area (Å²) in [5.41, 5.74) is 3.85. The van der Waals surface area contributed by atoms with Crippen molar-refractivity contribution in [3.8, 4) is 21.0 Å². The minimum absolute atomic E-state index is 0.883. The molecule has 1 nitrogen and oxygen atoms in total. The molecule has 116 valence electrons. The quantitative estimate of drug-likeness (QED) is 0.441. The smallest absolute Gasteiger partial charge is 0.184 e. The molecule has 0 aliphatic rings. The fourth-order valence-electron chi connectivity index (χ4n) is 2.83. The molecule has 0 aliphatic carbocycles. The summed E-state index contributed by atoms with van der Waals surface area (Å²) in [7, 11) is 0. The second-order valence-corrected chi connectivity index (χ2v) is 6.78. The van der Waals surface area contributed by atoms with E-state index in [1.54, 1.807) is 0 Å². The van der Waals surface area contributed by atoms with Crippen molar-refractivity contribution in [2.45, 2.75) is 6.54 Å². The lowest BCUT2D eigenvalue weighted by molar-refractivity contribution is -0.672. The van der Waals surface area contributed by atoms with Crippen LogP contribution >= 0.6 is 11.3 Å². The molecule has 4 aromatic rings. The van der Waals surface area contributed by atoms with Gasteiger partial charge in [-0.1, -0.05) is 90.2 Å². The highest BCUT2D eigenvalue weighted by Crippen LogP contribution is 2.31. The topological polar surface area (TPSA) is 3.88 Å². The highest BCUT2D eigenvalue weighted by Gasteiger charge is 2.20. The van der Waals surface area contributed by atoms with Crippen LogP contribution in [0.5, 0.6) is 0 Å². The first-order valence-electron chi connectivity index (χ1n) is 8.08. The van der Waals surface area contributed by atoms with Crippen molar-refractivity contribution in [3.05, 3.63) is 103 Å². The van der Waals surface area contributed by atoms with Crippen molar-refractivity contribution >= 4 is 11.3 Å². The maximum atomic E-state index is 2.36. The van der Waals surface area contributed by atoms with Gasteiger partial charge in [0, 0.05) is 5.56 Å². The van der Waals surface area contributed by atoms with E-state index in [-0.39, 0.29) is 0 Å². The van der Waals surface area contributed by atoms with Crippen LogP contribution in [0.3, 0.4) is 0 Å². The first-order chi connectivity index (χ1) is 11.9. The molecule has 0 fully saturated rings. The summed E-state index contributed by atoms with van der Waals surface area (Å²) in [4.78, 5) is 1.30. The molecular formula is C22H18NS+. The molecule has 3 aromatic carbocycles. The highest BCUT2D eigenvalue weighted by molar-refractivity contribution is 7.17. The van der Waals surface area contributed by atoms with Gasteiger partial charge in [0.05, 0.1) is 5.56 Å². The molecule has 0 amide bonds. The van der Waals surface area contributed by atoms with Crippen LogP contribution < -0.4 is 4.57 Å². The van der Waals surface area contributed by atoms with Crippen LogP contribution in [0, 0.1) is 0 Å². The number of rotatable bonds is 4. The normalized spacial score (nSPS) is 10.7. The van der Waals surface area contributed by atoms with Gasteiger partial charge in [0.1, 0.15) is 4.88 Å². The molecule has 0 N–H and O–H groups in total. The summed E-state index contributed by atoms with van der Waals surface area (Å²) in [6.07, 6.45) is 2.27. The number of hydrogen-bond acceptors (Lipinski definition) is 1. The molecule has 0 radical (unpaired) electrons. The zero-order valence-corrected chi connectivity index (χ0v) is 14.1. The van der Waals surface area contributed by atoms with Gasteiger partial charge in [-0.15, -0.1) is 0 Å². The fourth-order valence-corrected chi connectivity index (χ4v) is 3.96. The van der Waals surface area contributed by atoms with Gasteiger partial charge in [-0.3, -0.25) is 0 Å². The summed E-state index contributed by atoms with van der Waals surface area (Å²) in [5, 5.41) is 1.29. The molecule has 0 bridgehead atoms. The Labute approximate surface area is 146 Å². The average molecular weight is 328 g/mol. The van der Waals surface area contributed by atoms with E-state index < -0.39 is 0 Å². The molecule has 0 atom stereocenters. The van der Waals surface area contributed by atoms with Gasteiger partial charge in [0.2, 0.25) is 0 Å². The predicted octanol–water partition coefficient (Wildman–Crippen LogP) is 5.42. The third-order valence-electron chi connectivity index (χ3n) is 4.02. The number of thiazole rings is 1. The molecule has 24 heavy (non-hydrogen) atoms. The van der Waals surface area contributed by atoms with Gasteiger partial charge in [-0.05, 0) is 17.7 Å². The van der Waals surface area contributed by atoms with Crippen LogP contribution in [0.2, 0.25) is 0 Å². The Bertz CT molecular complexity index is 912. The molecule has 0 spiro atoms. The van der Waals surface area contributed by atoms with Crippen molar-refractivity contribution in [1.82, 2.24) is 0 Å². The lowest BCUT2D eigenvalue weighted by atomic mass is 10.2. The van der Waals surface area contributed by atoms with Crippen molar-refractivity contribution in [2.75, 3.05) is 0 Å². The van der Waals surface area contributed by atoms with E-state index in [2.05, 4.69) is 102 Å². The largest absolute Gasteiger partial charge is 0.269 e. The van der Waals surface area contributed by atoms with Gasteiger partial charge in [-0.25, -0.2) is 0 Å². The Morgan fingerprint density at radius 3 is 1.79 bits per heavy atom. The van der Waals surface area contributed by atoms with E-state index in [1.807, 2.05) is 11.3 Å². The van der Waals surface area contributed by atoms with E-state index >= 15 is 0 Å². The first kappa shape index (κ1) is 14.9. The summed E-state index contributed by atoms with van der Waals surface area (Å²) in [5.74, 6) is 0. The Hall–Kier alpha value is -2.71. The third kappa shape index (κ3) is 3.15. The van der Waals surface area contributed by atoms with Crippen molar-refractivity contribution < 1.29 is 4.57 Å². The minimum atomic E-state index is 0.883. The van der Waals surface area contributed by atoms with Crippen LogP contribution in [-0.2, 0) is 6.54 Å². The van der Waals surface area contributed by atoms with Gasteiger partial charge >= 0.3 is 0 Å². The summed E-state index contributed by atoms with van der Waals surface area (Å²) in [6, 6.07) is 31.9. The summed E-state index contributed by atoms with van der Waals surface area (Å²) < 4.78 is 2.36. The molecule has 1 heterocycles. The monoisotopic (exact) mass is 328 g/mol. The van der Waals surface area contributed by atoms with Crippen LogP contribution in [-0.4, -0.2) is 0 Å². The Kier molecular flexibility index (Phi) is 4.22. The van der Waals surface area contributed by atoms with Crippen LogP contribution in [0.25, 0.3) is 21.0 Å². The van der Waals surface area contributed by atoms with Gasteiger partial charge < -0.3 is 0 Å². The number of nitrogens with zero attached hydrogens (tertiary/aromatic N) is 1. The molecule has 4 rings (SSSR count). The second-order valence-electron chi connectivity index (χ2n) is 5.75. The fraction of sp³-hybridized carbons (Fsp3) is 0.0455. The summed E-state index contributed by atoms with van der Waals surface area (Å²) >= 11 is 1.85. The van der Waals surface area contributed by atoms with Crippen LogP contribution in [0.1, 0.15) is 5.56 Å². The Balaban J connectivity index is 1.80. The standard InChI is InChI=1S/C22H18NS/c1-4-10-18(11-5-1)16-23-17-21(19-12-6-2-7-13-19)24-22(23)20-14-8-3-9-15-20/h1-15,17H,16H2/q+1. The van der Waals surface area contributed by atoms with Crippen LogP contribution in [0.4, 0.5) is 0 Å². The van der Waals surface area contributed by atoms with Crippen molar-refractivity contribution in [1.29, 1.82) is 0 Å². The average Bonchev–Trinajstić information content (AvgIpc) is 3.08.